The molecule has 1 aliphatic heterocycles. The van der Waals surface area contributed by atoms with Crippen LogP contribution in [0.2, 0.25) is 0 Å². The van der Waals surface area contributed by atoms with Crippen LogP contribution in [0.25, 0.3) is 10.8 Å². The van der Waals surface area contributed by atoms with E-state index in [1.165, 1.54) is 5.56 Å². The molecule has 5 heteroatoms. The van der Waals surface area contributed by atoms with Gasteiger partial charge in [-0.15, -0.1) is 0 Å². The molecule has 1 heterocycles. The Labute approximate surface area is 205 Å². The minimum atomic E-state index is -0.497. The number of benzene rings is 4. The van der Waals surface area contributed by atoms with Gasteiger partial charge < -0.3 is 14.4 Å². The van der Waals surface area contributed by atoms with Gasteiger partial charge in [0.15, 0.2) is 6.10 Å². The fourth-order valence-electron chi connectivity index (χ4n) is 4.41. The number of amidine groups is 1. The van der Waals surface area contributed by atoms with Gasteiger partial charge in [0.25, 0.3) is 0 Å². The molecule has 0 fully saturated rings. The van der Waals surface area contributed by atoms with Crippen molar-refractivity contribution >= 4 is 22.6 Å². The number of esters is 1. The zero-order chi connectivity index (χ0) is 24.2. The van der Waals surface area contributed by atoms with Crippen LogP contribution < -0.4 is 4.74 Å². The number of aryl methyl sites for hydroxylation is 1. The third-order valence-corrected chi connectivity index (χ3v) is 6.24. The summed E-state index contributed by atoms with van der Waals surface area (Å²) < 4.78 is 12.1. The summed E-state index contributed by atoms with van der Waals surface area (Å²) in [4.78, 5) is 20.1. The van der Waals surface area contributed by atoms with Gasteiger partial charge in [0, 0.05) is 12.6 Å². The van der Waals surface area contributed by atoms with Gasteiger partial charge in [0.1, 0.15) is 18.2 Å². The predicted octanol–water partition coefficient (Wildman–Crippen LogP) is 5.64. The smallest absolute Gasteiger partial charge is 0.339 e. The lowest BCUT2D eigenvalue weighted by atomic mass is 10.0. The van der Waals surface area contributed by atoms with Crippen LogP contribution in [0.5, 0.6) is 5.75 Å². The molecule has 1 unspecified atom stereocenters. The van der Waals surface area contributed by atoms with E-state index in [0.29, 0.717) is 18.7 Å². The van der Waals surface area contributed by atoms with Gasteiger partial charge in [-0.25, -0.2) is 4.79 Å². The number of hydrogen-bond donors (Lipinski definition) is 0. The van der Waals surface area contributed by atoms with E-state index in [0.717, 1.165) is 33.5 Å². The van der Waals surface area contributed by atoms with Gasteiger partial charge in [0.2, 0.25) is 0 Å². The van der Waals surface area contributed by atoms with Crippen LogP contribution >= 0.6 is 0 Å². The summed E-state index contributed by atoms with van der Waals surface area (Å²) >= 11 is 0. The standard InChI is InChI=1S/C30H28N2O3/c1-21-14-16-24(17-15-21)34-20-25(19-32(2)29-27-12-6-4-9-23(27)18-31-29)35-30(33)28-13-7-10-22-8-3-5-11-26(22)28/h3-17,25H,18-20H2,1-2H3. The Morgan fingerprint density at radius 2 is 1.69 bits per heavy atom. The van der Waals surface area contributed by atoms with Crippen LogP contribution in [-0.4, -0.2) is 43.0 Å². The molecule has 4 aromatic carbocycles. The van der Waals surface area contributed by atoms with Crippen molar-refractivity contribution in [3.8, 4) is 5.75 Å². The molecule has 5 nitrogen and oxygen atoms in total. The van der Waals surface area contributed by atoms with E-state index in [1.54, 1.807) is 0 Å². The summed E-state index contributed by atoms with van der Waals surface area (Å²) in [5.74, 6) is 1.29. The SMILES string of the molecule is Cc1ccc(OCC(CN(C)C2=NCc3ccccc32)OC(=O)c2cccc3ccccc23)cc1. The Morgan fingerprint density at radius 1 is 0.943 bits per heavy atom. The molecule has 176 valence electrons. The van der Waals surface area contributed by atoms with Crippen LogP contribution in [0.1, 0.15) is 27.0 Å². The van der Waals surface area contributed by atoms with Crippen molar-refractivity contribution in [2.45, 2.75) is 19.6 Å². The highest BCUT2D eigenvalue weighted by atomic mass is 16.6. The average molecular weight is 465 g/mol. The Morgan fingerprint density at radius 3 is 2.54 bits per heavy atom. The molecule has 0 saturated carbocycles. The Balaban J connectivity index is 1.36. The second-order valence-corrected chi connectivity index (χ2v) is 8.86. The van der Waals surface area contributed by atoms with Crippen molar-refractivity contribution in [1.29, 1.82) is 0 Å². The van der Waals surface area contributed by atoms with Crippen molar-refractivity contribution in [1.82, 2.24) is 4.90 Å². The van der Waals surface area contributed by atoms with Crippen molar-refractivity contribution < 1.29 is 14.3 Å². The highest BCUT2D eigenvalue weighted by Gasteiger charge is 2.25. The second-order valence-electron chi connectivity index (χ2n) is 8.86. The molecule has 0 bridgehead atoms. The van der Waals surface area contributed by atoms with Crippen LogP contribution in [0, 0.1) is 6.92 Å². The third-order valence-electron chi connectivity index (χ3n) is 6.24. The van der Waals surface area contributed by atoms with E-state index >= 15 is 0 Å². The Kier molecular flexibility index (Phi) is 6.49. The second kappa shape index (κ2) is 10.0. The summed E-state index contributed by atoms with van der Waals surface area (Å²) in [6.07, 6.45) is -0.497. The molecule has 0 saturated heterocycles. The fraction of sp³-hybridized carbons (Fsp3) is 0.200. The van der Waals surface area contributed by atoms with Crippen LogP contribution in [0.15, 0.2) is 96.0 Å². The van der Waals surface area contributed by atoms with Gasteiger partial charge in [-0.05, 0) is 41.5 Å². The molecule has 0 radical (unpaired) electrons. The minimum absolute atomic E-state index is 0.235. The van der Waals surface area contributed by atoms with Gasteiger partial charge in [-0.1, -0.05) is 78.4 Å². The fourth-order valence-corrected chi connectivity index (χ4v) is 4.41. The first-order chi connectivity index (χ1) is 17.1. The van der Waals surface area contributed by atoms with Crippen molar-refractivity contribution in [2.75, 3.05) is 20.2 Å². The van der Waals surface area contributed by atoms with Gasteiger partial charge in [-0.2, -0.15) is 0 Å². The summed E-state index contributed by atoms with van der Waals surface area (Å²) in [5.41, 5.74) is 4.03. The van der Waals surface area contributed by atoms with Crippen LogP contribution in [0.4, 0.5) is 0 Å². The van der Waals surface area contributed by atoms with Crippen LogP contribution in [0.3, 0.4) is 0 Å². The molecule has 5 rings (SSSR count). The van der Waals surface area contributed by atoms with E-state index in [4.69, 9.17) is 14.5 Å². The van der Waals surface area contributed by atoms with Crippen molar-refractivity contribution in [2.24, 2.45) is 4.99 Å². The molecule has 0 aliphatic carbocycles. The highest BCUT2D eigenvalue weighted by Crippen LogP contribution is 2.22. The number of carbonyl (C=O) groups excluding carboxylic acids is 1. The summed E-state index contributed by atoms with van der Waals surface area (Å²) in [6.45, 7) is 3.39. The maximum absolute atomic E-state index is 13.3. The van der Waals surface area contributed by atoms with Crippen LogP contribution in [-0.2, 0) is 11.3 Å². The third kappa shape index (κ3) is 5.04. The first-order valence-electron chi connectivity index (χ1n) is 11.8. The molecule has 1 atom stereocenters. The van der Waals surface area contributed by atoms with E-state index in [-0.39, 0.29) is 12.6 Å². The Hall–Kier alpha value is -4.12. The topological polar surface area (TPSA) is 51.1 Å². The normalized spacial score (nSPS) is 13.1. The molecule has 1 aliphatic rings. The summed E-state index contributed by atoms with van der Waals surface area (Å²) in [7, 11) is 1.98. The zero-order valence-electron chi connectivity index (χ0n) is 20.0. The minimum Gasteiger partial charge on any atom is -0.490 e. The number of ether oxygens (including phenoxy) is 2. The molecule has 0 N–H and O–H groups in total. The molecule has 0 aromatic heterocycles. The number of hydrogen-bond acceptors (Lipinski definition) is 5. The Bertz CT molecular complexity index is 1370. The lowest BCUT2D eigenvalue weighted by Crippen LogP contribution is -2.39. The largest absolute Gasteiger partial charge is 0.490 e. The molecular formula is C30H28N2O3. The number of nitrogens with zero attached hydrogens (tertiary/aromatic N) is 2. The molecule has 4 aromatic rings. The van der Waals surface area contributed by atoms with Crippen molar-refractivity contribution in [3.05, 3.63) is 113 Å². The highest BCUT2D eigenvalue weighted by molar-refractivity contribution is 6.04. The quantitative estimate of drug-likeness (QED) is 0.332. The van der Waals surface area contributed by atoms with E-state index in [2.05, 4.69) is 12.1 Å². The number of fused-ring (bicyclic) bond motifs is 2. The van der Waals surface area contributed by atoms with E-state index in [1.807, 2.05) is 97.7 Å². The number of likely N-dealkylation sites (N-methyl/N-ethyl adjacent to an activating group) is 1. The van der Waals surface area contributed by atoms with E-state index < -0.39 is 6.10 Å². The predicted molar refractivity (Wildman–Crippen MR) is 139 cm³/mol. The lowest BCUT2D eigenvalue weighted by Gasteiger charge is -2.26. The van der Waals surface area contributed by atoms with E-state index in [9.17, 15) is 4.79 Å². The van der Waals surface area contributed by atoms with Gasteiger partial charge >= 0.3 is 5.97 Å². The molecule has 0 spiro atoms. The first-order valence-corrected chi connectivity index (χ1v) is 11.8. The molecule has 0 amide bonds. The van der Waals surface area contributed by atoms with Gasteiger partial charge in [0.05, 0.1) is 18.7 Å². The number of carbonyl (C=O) groups is 1. The van der Waals surface area contributed by atoms with Gasteiger partial charge in [-0.3, -0.25) is 4.99 Å². The summed E-state index contributed by atoms with van der Waals surface area (Å²) in [5, 5.41) is 1.88. The average Bonchev–Trinajstić information content (AvgIpc) is 3.32. The monoisotopic (exact) mass is 464 g/mol. The maximum atomic E-state index is 13.3. The number of aliphatic imine (C=N–C) groups is 1. The zero-order valence-corrected chi connectivity index (χ0v) is 20.0. The number of rotatable bonds is 7. The summed E-state index contributed by atoms with van der Waals surface area (Å²) in [6, 6.07) is 29.6. The molecule has 35 heavy (non-hydrogen) atoms. The molecular weight excluding hydrogens is 436 g/mol. The first kappa shape index (κ1) is 22.7. The lowest BCUT2D eigenvalue weighted by molar-refractivity contribution is 0.0132. The van der Waals surface area contributed by atoms with Crippen molar-refractivity contribution in [3.63, 3.8) is 0 Å². The maximum Gasteiger partial charge on any atom is 0.339 e.